The molecule has 1 atom stereocenters. The van der Waals surface area contributed by atoms with Gasteiger partial charge in [-0.2, -0.15) is 5.10 Å². The van der Waals surface area contributed by atoms with Crippen molar-refractivity contribution >= 4 is 18.4 Å². The van der Waals surface area contributed by atoms with Crippen LogP contribution in [0.2, 0.25) is 0 Å². The summed E-state index contributed by atoms with van der Waals surface area (Å²) in [4.78, 5) is 10.6. The highest BCUT2D eigenvalue weighted by molar-refractivity contribution is 5.86. The Labute approximate surface area is 93.9 Å². The second-order valence-electron chi connectivity index (χ2n) is 3.51. The zero-order valence-corrected chi connectivity index (χ0v) is 9.04. The van der Waals surface area contributed by atoms with E-state index in [-0.39, 0.29) is 18.0 Å². The molecule has 0 aromatic carbocycles. The molecule has 6 heteroatoms. The molecular weight excluding hydrogens is 218 g/mol. The molecule has 84 valence electrons. The average molecular weight is 232 g/mol. The highest BCUT2D eigenvalue weighted by atomic mass is 35.5. The number of hydrogen-bond acceptors (Lipinski definition) is 3. The van der Waals surface area contributed by atoms with Crippen LogP contribution in [-0.2, 0) is 0 Å². The van der Waals surface area contributed by atoms with E-state index in [1.54, 1.807) is 10.9 Å². The minimum atomic E-state index is -0.917. The van der Waals surface area contributed by atoms with Gasteiger partial charge in [-0.15, -0.1) is 12.4 Å². The molecule has 1 saturated heterocycles. The van der Waals surface area contributed by atoms with E-state index in [4.69, 9.17) is 5.11 Å². The van der Waals surface area contributed by atoms with Crippen LogP contribution >= 0.6 is 12.4 Å². The Morgan fingerprint density at radius 2 is 2.47 bits per heavy atom. The van der Waals surface area contributed by atoms with Crippen LogP contribution in [-0.4, -0.2) is 33.9 Å². The van der Waals surface area contributed by atoms with Crippen molar-refractivity contribution in [1.82, 2.24) is 15.1 Å². The number of nitrogens with zero attached hydrogens (tertiary/aromatic N) is 2. The Kier molecular flexibility index (Phi) is 4.11. The van der Waals surface area contributed by atoms with Crippen LogP contribution in [0.3, 0.4) is 0 Å². The standard InChI is InChI=1S/C9H13N3O2.ClH/c13-9(14)7-4-11-12(6-7)8-2-1-3-10-5-8;/h4,6,8,10H,1-3,5H2,(H,13,14);1H. The van der Waals surface area contributed by atoms with Gasteiger partial charge in [-0.1, -0.05) is 0 Å². The first-order valence-corrected chi connectivity index (χ1v) is 4.75. The van der Waals surface area contributed by atoms with Crippen molar-refractivity contribution in [2.75, 3.05) is 13.1 Å². The molecule has 0 amide bonds. The second-order valence-corrected chi connectivity index (χ2v) is 3.51. The van der Waals surface area contributed by atoms with E-state index in [2.05, 4.69) is 10.4 Å². The number of carbonyl (C=O) groups is 1. The van der Waals surface area contributed by atoms with Gasteiger partial charge in [0.2, 0.25) is 0 Å². The maximum Gasteiger partial charge on any atom is 0.338 e. The smallest absolute Gasteiger partial charge is 0.338 e. The van der Waals surface area contributed by atoms with Gasteiger partial charge in [0.05, 0.1) is 17.8 Å². The fourth-order valence-electron chi connectivity index (χ4n) is 1.71. The Balaban J connectivity index is 0.00000112. The minimum Gasteiger partial charge on any atom is -0.478 e. The first kappa shape index (κ1) is 12.0. The van der Waals surface area contributed by atoms with Crippen molar-refractivity contribution in [3.8, 4) is 0 Å². The van der Waals surface area contributed by atoms with Crippen molar-refractivity contribution in [2.45, 2.75) is 18.9 Å². The molecule has 1 fully saturated rings. The van der Waals surface area contributed by atoms with E-state index in [9.17, 15) is 4.79 Å². The van der Waals surface area contributed by atoms with Gasteiger partial charge in [-0.25, -0.2) is 4.79 Å². The molecule has 1 aromatic heterocycles. The quantitative estimate of drug-likeness (QED) is 0.795. The number of hydrogen-bond donors (Lipinski definition) is 2. The first-order chi connectivity index (χ1) is 6.77. The zero-order chi connectivity index (χ0) is 9.97. The third-order valence-corrected chi connectivity index (χ3v) is 2.49. The van der Waals surface area contributed by atoms with E-state index in [1.165, 1.54) is 6.20 Å². The third-order valence-electron chi connectivity index (χ3n) is 2.49. The Morgan fingerprint density at radius 3 is 3.00 bits per heavy atom. The third kappa shape index (κ3) is 2.70. The molecule has 1 aliphatic rings. The van der Waals surface area contributed by atoms with Gasteiger partial charge in [-0.3, -0.25) is 4.68 Å². The molecule has 2 heterocycles. The SMILES string of the molecule is Cl.O=C(O)c1cnn(C2CCCNC2)c1. The van der Waals surface area contributed by atoms with Gasteiger partial charge < -0.3 is 10.4 Å². The van der Waals surface area contributed by atoms with Gasteiger partial charge in [0.1, 0.15) is 0 Å². The topological polar surface area (TPSA) is 67.1 Å². The van der Waals surface area contributed by atoms with Crippen molar-refractivity contribution in [3.05, 3.63) is 18.0 Å². The maximum absolute atomic E-state index is 10.6. The predicted molar refractivity (Wildman–Crippen MR) is 57.6 cm³/mol. The van der Waals surface area contributed by atoms with E-state index in [0.29, 0.717) is 6.04 Å². The van der Waals surface area contributed by atoms with Crippen LogP contribution in [0, 0.1) is 0 Å². The number of halogens is 1. The van der Waals surface area contributed by atoms with Gasteiger partial charge in [-0.05, 0) is 19.4 Å². The van der Waals surface area contributed by atoms with E-state index < -0.39 is 5.97 Å². The maximum atomic E-state index is 10.6. The largest absolute Gasteiger partial charge is 0.478 e. The van der Waals surface area contributed by atoms with Crippen LogP contribution in [0.1, 0.15) is 29.2 Å². The molecule has 2 N–H and O–H groups in total. The summed E-state index contributed by atoms with van der Waals surface area (Å²) >= 11 is 0. The lowest BCUT2D eigenvalue weighted by molar-refractivity contribution is 0.0696. The highest BCUT2D eigenvalue weighted by Crippen LogP contribution is 2.15. The molecule has 0 bridgehead atoms. The minimum absolute atomic E-state index is 0. The number of aromatic carboxylic acids is 1. The Bertz CT molecular complexity index is 334. The van der Waals surface area contributed by atoms with E-state index in [0.717, 1.165) is 25.9 Å². The number of nitrogens with one attached hydrogen (secondary N) is 1. The number of rotatable bonds is 2. The summed E-state index contributed by atoms with van der Waals surface area (Å²) in [6.45, 7) is 1.92. The van der Waals surface area contributed by atoms with Crippen LogP contribution in [0.25, 0.3) is 0 Å². The van der Waals surface area contributed by atoms with Gasteiger partial charge in [0.15, 0.2) is 0 Å². The Morgan fingerprint density at radius 1 is 1.67 bits per heavy atom. The van der Waals surface area contributed by atoms with Crippen molar-refractivity contribution < 1.29 is 9.90 Å². The normalized spacial score (nSPS) is 20.7. The number of carboxylic acids is 1. The molecule has 2 rings (SSSR count). The molecule has 1 aromatic rings. The van der Waals surface area contributed by atoms with Crippen LogP contribution in [0.5, 0.6) is 0 Å². The summed E-state index contributed by atoms with van der Waals surface area (Å²) in [5, 5.41) is 16.0. The summed E-state index contributed by atoms with van der Waals surface area (Å²) in [6.07, 6.45) is 5.18. The molecule has 0 aliphatic carbocycles. The summed E-state index contributed by atoms with van der Waals surface area (Å²) in [6, 6.07) is 0.303. The molecule has 0 saturated carbocycles. The van der Waals surface area contributed by atoms with Gasteiger partial charge in [0, 0.05) is 12.7 Å². The Hall–Kier alpha value is -1.07. The predicted octanol–water partition coefficient (Wildman–Crippen LogP) is 0.928. The lowest BCUT2D eigenvalue weighted by Crippen LogP contribution is -2.31. The fourth-order valence-corrected chi connectivity index (χ4v) is 1.71. The van der Waals surface area contributed by atoms with Crippen molar-refractivity contribution in [3.63, 3.8) is 0 Å². The van der Waals surface area contributed by atoms with Crippen molar-refractivity contribution in [2.24, 2.45) is 0 Å². The highest BCUT2D eigenvalue weighted by Gasteiger charge is 2.16. The molecule has 1 aliphatic heterocycles. The lowest BCUT2D eigenvalue weighted by atomic mass is 10.1. The molecular formula is C9H14ClN3O2. The summed E-state index contributed by atoms with van der Waals surface area (Å²) in [5.74, 6) is -0.917. The van der Waals surface area contributed by atoms with Crippen LogP contribution in [0.15, 0.2) is 12.4 Å². The van der Waals surface area contributed by atoms with E-state index >= 15 is 0 Å². The van der Waals surface area contributed by atoms with Gasteiger partial charge in [0.25, 0.3) is 0 Å². The second kappa shape index (κ2) is 5.14. The van der Waals surface area contributed by atoms with Crippen LogP contribution < -0.4 is 5.32 Å². The average Bonchev–Trinajstić information content (AvgIpc) is 2.68. The molecule has 15 heavy (non-hydrogen) atoms. The molecule has 5 nitrogen and oxygen atoms in total. The van der Waals surface area contributed by atoms with E-state index in [1.807, 2.05) is 0 Å². The van der Waals surface area contributed by atoms with Gasteiger partial charge >= 0.3 is 5.97 Å². The number of carboxylic acid groups (broad SMARTS) is 1. The fraction of sp³-hybridized carbons (Fsp3) is 0.556. The monoisotopic (exact) mass is 231 g/mol. The summed E-state index contributed by atoms with van der Waals surface area (Å²) in [7, 11) is 0. The zero-order valence-electron chi connectivity index (χ0n) is 8.22. The van der Waals surface area contributed by atoms with Crippen LogP contribution in [0.4, 0.5) is 0 Å². The number of aromatic nitrogens is 2. The molecule has 1 unspecified atom stereocenters. The lowest BCUT2D eigenvalue weighted by Gasteiger charge is -2.22. The first-order valence-electron chi connectivity index (χ1n) is 4.75. The number of piperidine rings is 1. The molecule has 0 spiro atoms. The van der Waals surface area contributed by atoms with Crippen molar-refractivity contribution in [1.29, 1.82) is 0 Å². The molecule has 0 radical (unpaired) electrons. The summed E-state index contributed by atoms with van der Waals surface area (Å²) in [5.41, 5.74) is 0.260. The summed E-state index contributed by atoms with van der Waals surface area (Å²) < 4.78 is 1.75.